The molecule has 0 spiro atoms. The Bertz CT molecular complexity index is 786. The fraction of sp³-hybridized carbons (Fsp3) is 0.364. The van der Waals surface area contributed by atoms with E-state index in [1.807, 2.05) is 55.7 Å². The van der Waals surface area contributed by atoms with Crippen molar-refractivity contribution in [1.29, 1.82) is 0 Å². The molecule has 1 aromatic carbocycles. The van der Waals surface area contributed by atoms with Gasteiger partial charge in [0.25, 0.3) is 0 Å². The number of carboxylic acids is 1. The predicted octanol–water partition coefficient (Wildman–Crippen LogP) is 3.60. The van der Waals surface area contributed by atoms with Crippen LogP contribution >= 0.6 is 0 Å². The molecule has 1 N–H and O–H groups in total. The number of carboxylic acid groups (broad SMARTS) is 1. The molecule has 148 valence electrons. The number of benzene rings is 1. The molecule has 6 heteroatoms. The van der Waals surface area contributed by atoms with E-state index in [0.29, 0.717) is 12.2 Å². The molecule has 1 aliphatic heterocycles. The highest BCUT2D eigenvalue weighted by atomic mass is 16.5. The summed E-state index contributed by atoms with van der Waals surface area (Å²) >= 11 is 0. The number of anilines is 2. The van der Waals surface area contributed by atoms with E-state index in [9.17, 15) is 9.90 Å². The Morgan fingerprint density at radius 3 is 2.11 bits per heavy atom. The summed E-state index contributed by atoms with van der Waals surface area (Å²) in [4.78, 5) is 20.5. The summed E-state index contributed by atoms with van der Waals surface area (Å²) in [5, 5.41) is 9.60. The van der Waals surface area contributed by atoms with Gasteiger partial charge in [0.15, 0.2) is 0 Å². The summed E-state index contributed by atoms with van der Waals surface area (Å²) in [6.45, 7) is 9.21. The topological polar surface area (TPSA) is 65.9 Å². The largest absolute Gasteiger partial charge is 0.478 e. The molecule has 28 heavy (non-hydrogen) atoms. The molecule has 1 saturated heterocycles. The van der Waals surface area contributed by atoms with Crippen LogP contribution in [-0.2, 0) is 4.79 Å². The number of carbonyl (C=O) groups is 1. The van der Waals surface area contributed by atoms with E-state index >= 15 is 0 Å². The van der Waals surface area contributed by atoms with E-state index in [4.69, 9.17) is 4.74 Å². The molecule has 1 aromatic heterocycles. The van der Waals surface area contributed by atoms with Gasteiger partial charge in [0.1, 0.15) is 5.75 Å². The van der Waals surface area contributed by atoms with Crippen LogP contribution in [0.2, 0.25) is 0 Å². The van der Waals surface area contributed by atoms with Gasteiger partial charge in [0, 0.05) is 56.4 Å². The molecule has 6 nitrogen and oxygen atoms in total. The standard InChI is InChI=1S/C22H27N3O3/c1-3-11-22(4-2,21(26)27)28-20-7-5-18(6-8-20)24-14-16-25(17-15-24)19-9-12-23-13-10-19/h3,5-10,12-13H,1,4,11,14-17H2,2H3,(H,26,27). The molecule has 0 radical (unpaired) electrons. The third kappa shape index (κ3) is 4.27. The first-order valence-electron chi connectivity index (χ1n) is 9.61. The van der Waals surface area contributed by atoms with Crippen molar-refractivity contribution < 1.29 is 14.6 Å². The first kappa shape index (κ1) is 19.7. The van der Waals surface area contributed by atoms with Crippen LogP contribution in [0.4, 0.5) is 11.4 Å². The molecule has 0 saturated carbocycles. The van der Waals surface area contributed by atoms with Crippen molar-refractivity contribution in [1.82, 2.24) is 4.98 Å². The van der Waals surface area contributed by atoms with Gasteiger partial charge in [-0.15, -0.1) is 6.58 Å². The Balaban J connectivity index is 1.63. The van der Waals surface area contributed by atoms with Gasteiger partial charge < -0.3 is 19.6 Å². The Hall–Kier alpha value is -3.02. The van der Waals surface area contributed by atoms with Crippen molar-refractivity contribution in [3.63, 3.8) is 0 Å². The second-order valence-corrected chi connectivity index (χ2v) is 6.92. The third-order valence-electron chi connectivity index (χ3n) is 5.26. The van der Waals surface area contributed by atoms with Crippen molar-refractivity contribution in [3.8, 4) is 5.75 Å². The molecule has 3 rings (SSSR count). The lowest BCUT2D eigenvalue weighted by Gasteiger charge is -2.37. The molecule has 1 atom stereocenters. The second kappa shape index (κ2) is 8.78. The first-order chi connectivity index (χ1) is 13.6. The lowest BCUT2D eigenvalue weighted by molar-refractivity contribution is -0.155. The minimum Gasteiger partial charge on any atom is -0.478 e. The van der Waals surface area contributed by atoms with Gasteiger partial charge in [-0.1, -0.05) is 13.0 Å². The highest BCUT2D eigenvalue weighted by Gasteiger charge is 2.38. The monoisotopic (exact) mass is 381 g/mol. The van der Waals surface area contributed by atoms with Crippen molar-refractivity contribution in [2.24, 2.45) is 0 Å². The number of pyridine rings is 1. The van der Waals surface area contributed by atoms with Gasteiger partial charge in [0.2, 0.25) is 5.60 Å². The average molecular weight is 381 g/mol. The van der Waals surface area contributed by atoms with Gasteiger partial charge in [-0.05, 0) is 42.8 Å². The van der Waals surface area contributed by atoms with E-state index in [-0.39, 0.29) is 6.42 Å². The van der Waals surface area contributed by atoms with Gasteiger partial charge in [-0.2, -0.15) is 0 Å². The summed E-state index contributed by atoms with van der Waals surface area (Å²) in [5.41, 5.74) is 1.05. The summed E-state index contributed by atoms with van der Waals surface area (Å²) < 4.78 is 5.87. The molecule has 1 fully saturated rings. The molecular formula is C22H27N3O3. The van der Waals surface area contributed by atoms with Gasteiger partial charge in [-0.3, -0.25) is 4.98 Å². The van der Waals surface area contributed by atoms with Crippen LogP contribution in [0.5, 0.6) is 5.75 Å². The number of hydrogen-bond acceptors (Lipinski definition) is 5. The van der Waals surface area contributed by atoms with Gasteiger partial charge >= 0.3 is 5.97 Å². The number of ether oxygens (including phenoxy) is 1. The van der Waals surface area contributed by atoms with Crippen LogP contribution in [-0.4, -0.2) is 47.8 Å². The number of rotatable bonds is 8. The number of hydrogen-bond donors (Lipinski definition) is 1. The molecule has 1 aliphatic rings. The van der Waals surface area contributed by atoms with Crippen molar-refractivity contribution >= 4 is 17.3 Å². The zero-order valence-corrected chi connectivity index (χ0v) is 16.3. The Morgan fingerprint density at radius 1 is 1.11 bits per heavy atom. The van der Waals surface area contributed by atoms with Crippen molar-refractivity contribution in [2.75, 3.05) is 36.0 Å². The first-order valence-corrected chi connectivity index (χ1v) is 9.61. The van der Waals surface area contributed by atoms with E-state index < -0.39 is 11.6 Å². The SMILES string of the molecule is C=CCC(CC)(Oc1ccc(N2CCN(c3ccncc3)CC2)cc1)C(=O)O. The van der Waals surface area contributed by atoms with E-state index in [1.54, 1.807) is 6.08 Å². The summed E-state index contributed by atoms with van der Waals surface area (Å²) in [6, 6.07) is 11.8. The molecule has 1 unspecified atom stereocenters. The number of nitrogens with zero attached hydrogens (tertiary/aromatic N) is 3. The molecule has 2 aromatic rings. The summed E-state index contributed by atoms with van der Waals surface area (Å²) in [7, 11) is 0. The number of piperazine rings is 1. The Labute approximate surface area is 166 Å². The van der Waals surface area contributed by atoms with Gasteiger partial charge in [-0.25, -0.2) is 4.79 Å². The smallest absolute Gasteiger partial charge is 0.348 e. The highest BCUT2D eigenvalue weighted by molar-refractivity contribution is 5.78. The van der Waals surface area contributed by atoms with Crippen molar-refractivity contribution in [2.45, 2.75) is 25.4 Å². The zero-order valence-electron chi connectivity index (χ0n) is 16.3. The highest BCUT2D eigenvalue weighted by Crippen LogP contribution is 2.28. The quantitative estimate of drug-likeness (QED) is 0.705. The van der Waals surface area contributed by atoms with E-state index in [0.717, 1.165) is 31.9 Å². The van der Waals surface area contributed by atoms with E-state index in [2.05, 4.69) is 21.4 Å². The molecule has 0 bridgehead atoms. The van der Waals surface area contributed by atoms with Crippen LogP contribution in [0.25, 0.3) is 0 Å². The third-order valence-corrected chi connectivity index (χ3v) is 5.26. The lowest BCUT2D eigenvalue weighted by atomic mass is 9.96. The summed E-state index contributed by atoms with van der Waals surface area (Å²) in [6.07, 6.45) is 5.86. The number of aliphatic carboxylic acids is 1. The molecule has 0 amide bonds. The molecular weight excluding hydrogens is 354 g/mol. The van der Waals surface area contributed by atoms with Crippen LogP contribution in [0, 0.1) is 0 Å². The van der Waals surface area contributed by atoms with Gasteiger partial charge in [0.05, 0.1) is 0 Å². The molecule has 2 heterocycles. The maximum absolute atomic E-state index is 11.7. The predicted molar refractivity (Wildman–Crippen MR) is 111 cm³/mol. The number of aromatic nitrogens is 1. The summed E-state index contributed by atoms with van der Waals surface area (Å²) in [5.74, 6) is -0.406. The van der Waals surface area contributed by atoms with Crippen molar-refractivity contribution in [3.05, 3.63) is 61.4 Å². The molecule has 0 aliphatic carbocycles. The normalized spacial score (nSPS) is 16.3. The van der Waals surface area contributed by atoms with Crippen LogP contribution in [0.3, 0.4) is 0 Å². The zero-order chi connectivity index (χ0) is 20.0. The van der Waals surface area contributed by atoms with Crippen LogP contribution in [0.1, 0.15) is 19.8 Å². The average Bonchev–Trinajstić information content (AvgIpc) is 2.74. The lowest BCUT2D eigenvalue weighted by Crippen LogP contribution is -2.46. The van der Waals surface area contributed by atoms with Crippen LogP contribution < -0.4 is 14.5 Å². The van der Waals surface area contributed by atoms with E-state index in [1.165, 1.54) is 5.69 Å². The fourth-order valence-corrected chi connectivity index (χ4v) is 3.50. The minimum atomic E-state index is -1.26. The maximum Gasteiger partial charge on any atom is 0.348 e. The van der Waals surface area contributed by atoms with Crippen LogP contribution in [0.15, 0.2) is 61.4 Å². The Kier molecular flexibility index (Phi) is 6.19. The fourth-order valence-electron chi connectivity index (χ4n) is 3.50. The maximum atomic E-state index is 11.7. The Morgan fingerprint density at radius 2 is 1.64 bits per heavy atom. The minimum absolute atomic E-state index is 0.261. The second-order valence-electron chi connectivity index (χ2n) is 6.92.